The Morgan fingerprint density at radius 2 is 1.79 bits per heavy atom. The van der Waals surface area contributed by atoms with Crippen LogP contribution in [0.1, 0.15) is 54.8 Å². The first-order valence-corrected chi connectivity index (χ1v) is 10.4. The molecule has 1 N–H and O–H groups in total. The highest BCUT2D eigenvalue weighted by molar-refractivity contribution is 5.76. The Kier molecular flexibility index (Phi) is 6.89. The van der Waals surface area contributed by atoms with E-state index < -0.39 is 0 Å². The highest BCUT2D eigenvalue weighted by Crippen LogP contribution is 2.22. The molecule has 2 heterocycles. The molecule has 2 atom stereocenters. The Morgan fingerprint density at radius 1 is 1.14 bits per heavy atom. The summed E-state index contributed by atoms with van der Waals surface area (Å²) in [5, 5.41) is 6.95. The molecule has 28 heavy (non-hydrogen) atoms. The Balaban J connectivity index is 1.43. The summed E-state index contributed by atoms with van der Waals surface area (Å²) >= 11 is 0. The van der Waals surface area contributed by atoms with Crippen molar-refractivity contribution in [2.75, 3.05) is 13.1 Å². The first kappa shape index (κ1) is 20.6. The van der Waals surface area contributed by atoms with Crippen LogP contribution in [-0.4, -0.2) is 29.1 Å². The number of likely N-dealkylation sites (tertiary alicyclic amines) is 1. The van der Waals surface area contributed by atoms with Gasteiger partial charge in [0.2, 0.25) is 5.91 Å². The van der Waals surface area contributed by atoms with Crippen LogP contribution in [-0.2, 0) is 24.3 Å². The number of carbonyl (C=O) groups is 1. The van der Waals surface area contributed by atoms with Gasteiger partial charge < -0.3 is 9.84 Å². The quantitative estimate of drug-likeness (QED) is 0.785. The Bertz CT molecular complexity index is 752. The number of amides is 1. The molecule has 5 nitrogen and oxygen atoms in total. The highest BCUT2D eigenvalue weighted by atomic mass is 16.5. The summed E-state index contributed by atoms with van der Waals surface area (Å²) in [6.45, 7) is 12.5. The number of carbonyl (C=O) groups excluding carboxylic acids is 1. The molecule has 1 aromatic heterocycles. The standard InChI is InChI=1S/C23H33N3O2/c1-16-11-17(2)14-26(13-16)15-21-7-5-20(6-8-21)12-24-23(27)10-9-22-18(3)25-28-19(22)4/h5-8,16-17H,9-15H2,1-4H3,(H,24,27)/t16-,17-/m0/s1. The maximum absolute atomic E-state index is 12.2. The number of benzene rings is 1. The molecule has 0 spiro atoms. The first-order valence-electron chi connectivity index (χ1n) is 10.4. The van der Waals surface area contributed by atoms with Gasteiger partial charge in [0, 0.05) is 38.2 Å². The van der Waals surface area contributed by atoms with Crippen LogP contribution in [0.5, 0.6) is 0 Å². The largest absolute Gasteiger partial charge is 0.361 e. The lowest BCUT2D eigenvalue weighted by Gasteiger charge is -2.35. The van der Waals surface area contributed by atoms with E-state index in [0.717, 1.165) is 41.0 Å². The molecule has 3 rings (SSSR count). The third-order valence-electron chi connectivity index (χ3n) is 5.65. The van der Waals surface area contributed by atoms with E-state index in [1.54, 1.807) is 0 Å². The fraction of sp³-hybridized carbons (Fsp3) is 0.565. The van der Waals surface area contributed by atoms with Gasteiger partial charge in [0.05, 0.1) is 5.69 Å². The van der Waals surface area contributed by atoms with Crippen LogP contribution < -0.4 is 5.32 Å². The smallest absolute Gasteiger partial charge is 0.220 e. The van der Waals surface area contributed by atoms with E-state index in [1.807, 2.05) is 13.8 Å². The fourth-order valence-electron chi connectivity index (χ4n) is 4.33. The van der Waals surface area contributed by atoms with Crippen molar-refractivity contribution in [3.05, 3.63) is 52.4 Å². The normalized spacial score (nSPS) is 20.3. The van der Waals surface area contributed by atoms with Crippen LogP contribution in [0.2, 0.25) is 0 Å². The molecule has 1 aromatic carbocycles. The van der Waals surface area contributed by atoms with Crippen LogP contribution in [0, 0.1) is 25.7 Å². The zero-order valence-corrected chi connectivity index (χ0v) is 17.6. The molecular formula is C23H33N3O2. The van der Waals surface area contributed by atoms with Crippen molar-refractivity contribution in [2.24, 2.45) is 11.8 Å². The second-order valence-corrected chi connectivity index (χ2v) is 8.54. The molecule has 1 fully saturated rings. The van der Waals surface area contributed by atoms with Crippen LogP contribution in [0.25, 0.3) is 0 Å². The molecule has 0 saturated carbocycles. The summed E-state index contributed by atoms with van der Waals surface area (Å²) in [5.41, 5.74) is 4.39. The van der Waals surface area contributed by atoms with Gasteiger partial charge in [0.25, 0.3) is 0 Å². The molecule has 0 radical (unpaired) electrons. The molecule has 1 amide bonds. The molecule has 1 saturated heterocycles. The van der Waals surface area contributed by atoms with Crippen LogP contribution >= 0.6 is 0 Å². The van der Waals surface area contributed by atoms with Crippen molar-refractivity contribution in [2.45, 2.75) is 60.0 Å². The second-order valence-electron chi connectivity index (χ2n) is 8.54. The topological polar surface area (TPSA) is 58.4 Å². The third-order valence-corrected chi connectivity index (χ3v) is 5.65. The molecule has 152 valence electrons. The van der Waals surface area contributed by atoms with Crippen molar-refractivity contribution >= 4 is 5.91 Å². The zero-order valence-electron chi connectivity index (χ0n) is 17.6. The van der Waals surface area contributed by atoms with E-state index in [1.165, 1.54) is 25.1 Å². The van der Waals surface area contributed by atoms with Gasteiger partial charge in [-0.25, -0.2) is 0 Å². The molecule has 0 unspecified atom stereocenters. The average molecular weight is 384 g/mol. The first-order chi connectivity index (χ1) is 13.4. The number of aryl methyl sites for hydroxylation is 2. The minimum absolute atomic E-state index is 0.0559. The fourth-order valence-corrected chi connectivity index (χ4v) is 4.33. The van der Waals surface area contributed by atoms with Gasteiger partial charge in [-0.2, -0.15) is 0 Å². The minimum atomic E-state index is 0.0559. The predicted octanol–water partition coefficient (Wildman–Crippen LogP) is 4.02. The van der Waals surface area contributed by atoms with Crippen molar-refractivity contribution in [1.29, 1.82) is 0 Å². The van der Waals surface area contributed by atoms with Gasteiger partial charge in [0.1, 0.15) is 5.76 Å². The van der Waals surface area contributed by atoms with Gasteiger partial charge in [-0.15, -0.1) is 0 Å². The molecule has 0 bridgehead atoms. The summed E-state index contributed by atoms with van der Waals surface area (Å²) in [7, 11) is 0. The van der Waals surface area contributed by atoms with E-state index in [2.05, 4.69) is 53.5 Å². The van der Waals surface area contributed by atoms with Gasteiger partial charge in [0.15, 0.2) is 0 Å². The van der Waals surface area contributed by atoms with Gasteiger partial charge in [-0.05, 0) is 49.7 Å². The molecule has 1 aliphatic heterocycles. The van der Waals surface area contributed by atoms with Crippen molar-refractivity contribution in [3.8, 4) is 0 Å². The highest BCUT2D eigenvalue weighted by Gasteiger charge is 2.21. The van der Waals surface area contributed by atoms with Crippen molar-refractivity contribution < 1.29 is 9.32 Å². The van der Waals surface area contributed by atoms with E-state index >= 15 is 0 Å². The summed E-state index contributed by atoms with van der Waals surface area (Å²) in [6, 6.07) is 8.63. The second kappa shape index (κ2) is 9.37. The van der Waals surface area contributed by atoms with E-state index in [0.29, 0.717) is 19.4 Å². The molecular weight excluding hydrogens is 350 g/mol. The number of nitrogens with one attached hydrogen (secondary N) is 1. The average Bonchev–Trinajstić information content (AvgIpc) is 2.96. The predicted molar refractivity (Wildman–Crippen MR) is 111 cm³/mol. The number of aromatic nitrogens is 1. The van der Waals surface area contributed by atoms with Gasteiger partial charge in [-0.3, -0.25) is 9.69 Å². The number of piperidine rings is 1. The SMILES string of the molecule is Cc1noc(C)c1CCC(=O)NCc1ccc(CN2C[C@@H](C)C[C@H](C)C2)cc1. The van der Waals surface area contributed by atoms with Gasteiger partial charge >= 0.3 is 0 Å². The number of nitrogens with zero attached hydrogens (tertiary/aromatic N) is 2. The summed E-state index contributed by atoms with van der Waals surface area (Å²) in [5.74, 6) is 2.42. The molecule has 5 heteroatoms. The number of rotatable bonds is 7. The van der Waals surface area contributed by atoms with Crippen LogP contribution in [0.4, 0.5) is 0 Å². The maximum Gasteiger partial charge on any atom is 0.220 e. The molecule has 2 aromatic rings. The maximum atomic E-state index is 12.2. The van der Waals surface area contributed by atoms with Gasteiger partial charge in [-0.1, -0.05) is 43.3 Å². The minimum Gasteiger partial charge on any atom is -0.361 e. The van der Waals surface area contributed by atoms with E-state index in [4.69, 9.17) is 4.52 Å². The summed E-state index contributed by atoms with van der Waals surface area (Å²) in [6.07, 6.45) is 2.45. The van der Waals surface area contributed by atoms with Crippen LogP contribution in [0.3, 0.4) is 0 Å². The lowest BCUT2D eigenvalue weighted by atomic mass is 9.91. The lowest BCUT2D eigenvalue weighted by molar-refractivity contribution is -0.121. The van der Waals surface area contributed by atoms with E-state index in [-0.39, 0.29) is 5.91 Å². The van der Waals surface area contributed by atoms with Crippen LogP contribution in [0.15, 0.2) is 28.8 Å². The molecule has 1 aliphatic rings. The van der Waals surface area contributed by atoms with Crippen molar-refractivity contribution in [1.82, 2.24) is 15.4 Å². The zero-order chi connectivity index (χ0) is 20.1. The number of hydrogen-bond donors (Lipinski definition) is 1. The lowest BCUT2D eigenvalue weighted by Crippen LogP contribution is -2.38. The number of hydrogen-bond acceptors (Lipinski definition) is 4. The van der Waals surface area contributed by atoms with E-state index in [9.17, 15) is 4.79 Å². The Labute approximate surface area is 168 Å². The monoisotopic (exact) mass is 383 g/mol. The van der Waals surface area contributed by atoms with Crippen molar-refractivity contribution in [3.63, 3.8) is 0 Å². The summed E-state index contributed by atoms with van der Waals surface area (Å²) in [4.78, 5) is 14.7. The third kappa shape index (κ3) is 5.68. The Hall–Kier alpha value is -2.14. The Morgan fingerprint density at radius 3 is 2.39 bits per heavy atom. The molecule has 0 aliphatic carbocycles. The summed E-state index contributed by atoms with van der Waals surface area (Å²) < 4.78 is 5.15.